The molecule has 0 aliphatic heterocycles. The van der Waals surface area contributed by atoms with Crippen molar-refractivity contribution in [1.82, 2.24) is 15.1 Å². The number of carbonyl (C=O) groups is 1. The molecule has 1 aromatic heterocycles. The van der Waals surface area contributed by atoms with Crippen LogP contribution in [0.1, 0.15) is 28.9 Å². The molecule has 1 aliphatic rings. The van der Waals surface area contributed by atoms with Crippen LogP contribution in [0.5, 0.6) is 0 Å². The van der Waals surface area contributed by atoms with Gasteiger partial charge in [0.15, 0.2) is 0 Å². The highest BCUT2D eigenvalue weighted by molar-refractivity contribution is 5.92. The van der Waals surface area contributed by atoms with Crippen LogP contribution in [-0.4, -0.2) is 22.2 Å². The molecule has 1 N–H and O–H groups in total. The molecular formula is C15H17N3O. The van der Waals surface area contributed by atoms with Crippen molar-refractivity contribution in [1.29, 1.82) is 0 Å². The lowest BCUT2D eigenvalue weighted by Crippen LogP contribution is -2.33. The van der Waals surface area contributed by atoms with Crippen molar-refractivity contribution in [3.8, 4) is 0 Å². The van der Waals surface area contributed by atoms with E-state index in [9.17, 15) is 4.79 Å². The number of hydrogen-bond acceptors (Lipinski definition) is 2. The van der Waals surface area contributed by atoms with Gasteiger partial charge in [-0.2, -0.15) is 5.10 Å². The lowest BCUT2D eigenvalue weighted by atomic mass is 9.96. The molecule has 0 radical (unpaired) electrons. The average Bonchev–Trinajstić information content (AvgIpc) is 3.12. The third-order valence-electron chi connectivity index (χ3n) is 3.88. The Kier molecular flexibility index (Phi) is 2.85. The summed E-state index contributed by atoms with van der Waals surface area (Å²) < 4.78 is 1.59. The fourth-order valence-corrected chi connectivity index (χ4v) is 2.45. The van der Waals surface area contributed by atoms with Crippen LogP contribution in [0.25, 0.3) is 0 Å². The molecule has 0 saturated heterocycles. The zero-order valence-corrected chi connectivity index (χ0v) is 11.0. The number of hydrogen-bond donors (Lipinski definition) is 1. The van der Waals surface area contributed by atoms with Gasteiger partial charge in [0.25, 0.3) is 5.91 Å². The molecule has 1 heterocycles. The quantitative estimate of drug-likeness (QED) is 0.906. The molecule has 4 heteroatoms. The van der Waals surface area contributed by atoms with E-state index in [1.54, 1.807) is 24.0 Å². The van der Waals surface area contributed by atoms with Gasteiger partial charge in [-0.15, -0.1) is 0 Å². The van der Waals surface area contributed by atoms with Crippen LogP contribution in [0.4, 0.5) is 0 Å². The van der Waals surface area contributed by atoms with Crippen molar-refractivity contribution in [3.05, 3.63) is 53.9 Å². The average molecular weight is 255 g/mol. The molecule has 0 spiro atoms. The van der Waals surface area contributed by atoms with Crippen LogP contribution >= 0.6 is 0 Å². The van der Waals surface area contributed by atoms with Gasteiger partial charge in [0.2, 0.25) is 0 Å². The molecule has 1 saturated carbocycles. The Bertz CT molecular complexity index is 584. The summed E-state index contributed by atoms with van der Waals surface area (Å²) in [5.41, 5.74) is 2.07. The highest BCUT2D eigenvalue weighted by Gasteiger charge is 2.44. The topological polar surface area (TPSA) is 46.9 Å². The number of nitrogens with zero attached hydrogens (tertiary/aromatic N) is 2. The molecule has 3 rings (SSSR count). The Balaban J connectivity index is 1.67. The van der Waals surface area contributed by atoms with Crippen molar-refractivity contribution in [2.45, 2.75) is 18.3 Å². The fraction of sp³-hybridized carbons (Fsp3) is 0.333. The van der Waals surface area contributed by atoms with Gasteiger partial charge >= 0.3 is 0 Å². The Morgan fingerprint density at radius 1 is 1.32 bits per heavy atom. The number of carbonyl (C=O) groups excluding carboxylic acids is 1. The zero-order valence-electron chi connectivity index (χ0n) is 11.0. The van der Waals surface area contributed by atoms with Crippen LogP contribution < -0.4 is 5.32 Å². The first kappa shape index (κ1) is 12.0. The number of amides is 1. The molecule has 2 aromatic rings. The van der Waals surface area contributed by atoms with Gasteiger partial charge in [0.05, 0.1) is 0 Å². The molecule has 1 amide bonds. The largest absolute Gasteiger partial charge is 0.350 e. The van der Waals surface area contributed by atoms with E-state index in [2.05, 4.69) is 34.7 Å². The molecule has 0 unspecified atom stereocenters. The van der Waals surface area contributed by atoms with Crippen LogP contribution in [0, 0.1) is 0 Å². The van der Waals surface area contributed by atoms with Gasteiger partial charge in [0.1, 0.15) is 5.69 Å². The summed E-state index contributed by atoms with van der Waals surface area (Å²) in [6, 6.07) is 12.1. The Morgan fingerprint density at radius 3 is 2.63 bits per heavy atom. The van der Waals surface area contributed by atoms with E-state index in [-0.39, 0.29) is 11.3 Å². The van der Waals surface area contributed by atoms with E-state index in [1.165, 1.54) is 5.56 Å². The molecule has 1 fully saturated rings. The molecule has 4 nitrogen and oxygen atoms in total. The molecule has 19 heavy (non-hydrogen) atoms. The second-order valence-corrected chi connectivity index (χ2v) is 5.17. The van der Waals surface area contributed by atoms with E-state index in [1.807, 2.05) is 6.07 Å². The van der Waals surface area contributed by atoms with Gasteiger partial charge in [-0.25, -0.2) is 0 Å². The fourth-order valence-electron chi connectivity index (χ4n) is 2.45. The van der Waals surface area contributed by atoms with E-state index in [0.717, 1.165) is 12.8 Å². The van der Waals surface area contributed by atoms with Gasteiger partial charge in [-0.1, -0.05) is 30.3 Å². The Labute approximate surface area is 112 Å². The van der Waals surface area contributed by atoms with E-state index in [0.29, 0.717) is 12.2 Å². The van der Waals surface area contributed by atoms with Crippen molar-refractivity contribution in [2.24, 2.45) is 7.05 Å². The van der Waals surface area contributed by atoms with Crippen LogP contribution in [0.2, 0.25) is 0 Å². The lowest BCUT2D eigenvalue weighted by Gasteiger charge is -2.16. The Hall–Kier alpha value is -2.10. The van der Waals surface area contributed by atoms with Crippen LogP contribution in [0.15, 0.2) is 42.6 Å². The molecule has 1 aliphatic carbocycles. The SMILES string of the molecule is Cn1nccc1C(=O)NCC1(c2ccccc2)CC1. The molecule has 98 valence electrons. The van der Waals surface area contributed by atoms with Crippen molar-refractivity contribution in [2.75, 3.05) is 6.54 Å². The molecular weight excluding hydrogens is 238 g/mol. The summed E-state index contributed by atoms with van der Waals surface area (Å²) in [5.74, 6) is -0.0535. The van der Waals surface area contributed by atoms with Gasteiger partial charge in [-0.05, 0) is 24.5 Å². The minimum Gasteiger partial charge on any atom is -0.350 e. The number of aryl methyl sites for hydroxylation is 1. The minimum atomic E-state index is -0.0535. The number of aromatic nitrogens is 2. The summed E-state index contributed by atoms with van der Waals surface area (Å²) in [7, 11) is 1.78. The van der Waals surface area contributed by atoms with E-state index < -0.39 is 0 Å². The number of benzene rings is 1. The maximum absolute atomic E-state index is 12.1. The van der Waals surface area contributed by atoms with Crippen LogP contribution in [-0.2, 0) is 12.5 Å². The highest BCUT2D eigenvalue weighted by Crippen LogP contribution is 2.47. The first-order valence-corrected chi connectivity index (χ1v) is 6.53. The second-order valence-electron chi connectivity index (χ2n) is 5.17. The second kappa shape index (κ2) is 4.53. The normalized spacial score (nSPS) is 16.1. The first-order chi connectivity index (χ1) is 9.21. The van der Waals surface area contributed by atoms with Crippen molar-refractivity contribution < 1.29 is 4.79 Å². The smallest absolute Gasteiger partial charge is 0.269 e. The van der Waals surface area contributed by atoms with Gasteiger partial charge in [0, 0.05) is 25.2 Å². The number of nitrogens with one attached hydrogen (secondary N) is 1. The van der Waals surface area contributed by atoms with Gasteiger partial charge < -0.3 is 5.32 Å². The predicted molar refractivity (Wildman–Crippen MR) is 72.9 cm³/mol. The van der Waals surface area contributed by atoms with Gasteiger partial charge in [-0.3, -0.25) is 9.48 Å². The Morgan fingerprint density at radius 2 is 2.05 bits per heavy atom. The third-order valence-corrected chi connectivity index (χ3v) is 3.88. The molecule has 0 bridgehead atoms. The highest BCUT2D eigenvalue weighted by atomic mass is 16.2. The van der Waals surface area contributed by atoms with Crippen molar-refractivity contribution >= 4 is 5.91 Å². The maximum atomic E-state index is 12.1. The van der Waals surface area contributed by atoms with E-state index in [4.69, 9.17) is 0 Å². The zero-order chi connectivity index (χ0) is 13.3. The standard InChI is InChI=1S/C15H17N3O/c1-18-13(7-10-17-18)14(19)16-11-15(8-9-15)12-5-3-2-4-6-12/h2-7,10H,8-9,11H2,1H3,(H,16,19). The monoisotopic (exact) mass is 255 g/mol. The van der Waals surface area contributed by atoms with Crippen molar-refractivity contribution in [3.63, 3.8) is 0 Å². The summed E-state index contributed by atoms with van der Waals surface area (Å²) in [6.07, 6.45) is 3.92. The first-order valence-electron chi connectivity index (χ1n) is 6.53. The maximum Gasteiger partial charge on any atom is 0.269 e. The third kappa shape index (κ3) is 2.26. The minimum absolute atomic E-state index is 0.0535. The summed E-state index contributed by atoms with van der Waals surface area (Å²) in [5, 5.41) is 7.04. The number of rotatable bonds is 4. The van der Waals surface area contributed by atoms with Crippen LogP contribution in [0.3, 0.4) is 0 Å². The summed E-state index contributed by atoms with van der Waals surface area (Å²) >= 11 is 0. The summed E-state index contributed by atoms with van der Waals surface area (Å²) in [4.78, 5) is 12.1. The summed E-state index contributed by atoms with van der Waals surface area (Å²) in [6.45, 7) is 0.695. The molecule has 0 atom stereocenters. The molecule has 1 aromatic carbocycles. The predicted octanol–water partition coefficient (Wildman–Crippen LogP) is 1.88. The lowest BCUT2D eigenvalue weighted by molar-refractivity contribution is 0.0940. The van der Waals surface area contributed by atoms with E-state index >= 15 is 0 Å².